The van der Waals surface area contributed by atoms with Crippen LogP contribution in [0.5, 0.6) is 0 Å². The molecular formula is C25H29ClN2O3. The van der Waals surface area contributed by atoms with Gasteiger partial charge in [-0.25, -0.2) is 0 Å². The fourth-order valence-corrected chi connectivity index (χ4v) is 4.38. The van der Waals surface area contributed by atoms with E-state index in [2.05, 4.69) is 19.9 Å². The Balaban J connectivity index is 2.50. The summed E-state index contributed by atoms with van der Waals surface area (Å²) in [5, 5.41) is 1.61. The van der Waals surface area contributed by atoms with Crippen molar-refractivity contribution in [3.63, 3.8) is 0 Å². The van der Waals surface area contributed by atoms with Gasteiger partial charge in [0.1, 0.15) is 6.54 Å². The second-order valence-electron chi connectivity index (χ2n) is 7.63. The summed E-state index contributed by atoms with van der Waals surface area (Å²) in [5.41, 5.74) is 4.21. The van der Waals surface area contributed by atoms with E-state index in [1.165, 1.54) is 5.57 Å². The van der Waals surface area contributed by atoms with Gasteiger partial charge in [-0.1, -0.05) is 37.6 Å². The first-order chi connectivity index (χ1) is 14.8. The summed E-state index contributed by atoms with van der Waals surface area (Å²) < 4.78 is 7.12. The Morgan fingerprint density at radius 3 is 2.45 bits per heavy atom. The number of carbonyl (C=O) groups excluding carboxylic acids is 1. The van der Waals surface area contributed by atoms with E-state index in [0.717, 1.165) is 18.4 Å². The Morgan fingerprint density at radius 1 is 1.13 bits per heavy atom. The Hall–Kier alpha value is -2.79. The Kier molecular flexibility index (Phi) is 7.06. The van der Waals surface area contributed by atoms with Gasteiger partial charge < -0.3 is 14.2 Å². The monoisotopic (exact) mass is 440 g/mol. The maximum absolute atomic E-state index is 13.4. The smallest absolute Gasteiger partial charge is 0.325 e. The highest BCUT2D eigenvalue weighted by atomic mass is 35.5. The molecule has 0 aliphatic heterocycles. The van der Waals surface area contributed by atoms with E-state index in [1.807, 2.05) is 41.8 Å². The summed E-state index contributed by atoms with van der Waals surface area (Å²) in [4.78, 5) is 27.8. The van der Waals surface area contributed by atoms with E-state index in [0.29, 0.717) is 39.1 Å². The molecule has 0 radical (unpaired) electrons. The van der Waals surface area contributed by atoms with Gasteiger partial charge in [0.2, 0.25) is 0 Å². The number of fused-ring (bicyclic) bond motifs is 2. The van der Waals surface area contributed by atoms with Crippen molar-refractivity contribution in [3.05, 3.63) is 57.2 Å². The highest BCUT2D eigenvalue weighted by Gasteiger charge is 2.20. The third-order valence-electron chi connectivity index (χ3n) is 5.39. The lowest BCUT2D eigenvalue weighted by atomic mass is 9.99. The molecule has 0 saturated carbocycles. The summed E-state index contributed by atoms with van der Waals surface area (Å²) >= 11 is 6.53. The van der Waals surface area contributed by atoms with Gasteiger partial charge in [0.05, 0.1) is 28.4 Å². The number of benzene rings is 2. The molecular weight excluding hydrogens is 412 g/mol. The van der Waals surface area contributed by atoms with Crippen molar-refractivity contribution in [1.29, 1.82) is 0 Å². The number of aromatic nitrogens is 1. The standard InChI is InChI=1S/C25H29ClN2O3/c1-6-9-16(7-2)17-10-11-18-21(14-17)28(15-22(29)31-8-3)23-19(25(18)30)12-13-20(26)24(23)27(4)5/h9-14H,6-8,15H2,1-5H3/b16-9+. The molecule has 0 aliphatic rings. The van der Waals surface area contributed by atoms with Gasteiger partial charge in [0.25, 0.3) is 0 Å². The predicted octanol–water partition coefficient (Wildman–Crippen LogP) is 5.64. The molecule has 164 valence electrons. The van der Waals surface area contributed by atoms with Crippen LogP contribution in [0, 0.1) is 0 Å². The molecule has 0 amide bonds. The highest BCUT2D eigenvalue weighted by molar-refractivity contribution is 6.35. The zero-order valence-electron chi connectivity index (χ0n) is 18.8. The summed E-state index contributed by atoms with van der Waals surface area (Å²) in [7, 11) is 3.75. The van der Waals surface area contributed by atoms with Crippen molar-refractivity contribution in [1.82, 2.24) is 4.57 Å². The van der Waals surface area contributed by atoms with Crippen LogP contribution in [-0.2, 0) is 16.1 Å². The lowest BCUT2D eigenvalue weighted by molar-refractivity contribution is -0.143. The fourth-order valence-electron chi connectivity index (χ4n) is 4.06. The van der Waals surface area contributed by atoms with Gasteiger partial charge in [0, 0.05) is 24.9 Å². The van der Waals surface area contributed by atoms with Crippen LogP contribution in [0.25, 0.3) is 27.4 Å². The van der Waals surface area contributed by atoms with Gasteiger partial charge in [0.15, 0.2) is 5.43 Å². The van der Waals surface area contributed by atoms with Gasteiger partial charge in [-0.2, -0.15) is 0 Å². The second kappa shape index (κ2) is 9.56. The number of hydrogen-bond donors (Lipinski definition) is 0. The molecule has 0 saturated heterocycles. The first-order valence-electron chi connectivity index (χ1n) is 10.6. The molecule has 0 fully saturated rings. The normalized spacial score (nSPS) is 11.9. The molecule has 5 nitrogen and oxygen atoms in total. The molecule has 6 heteroatoms. The maximum Gasteiger partial charge on any atom is 0.325 e. The number of carbonyl (C=O) groups is 1. The summed E-state index contributed by atoms with van der Waals surface area (Å²) in [6.07, 6.45) is 4.00. The van der Waals surface area contributed by atoms with Gasteiger partial charge >= 0.3 is 5.97 Å². The molecule has 0 bridgehead atoms. The minimum absolute atomic E-state index is 0.00922. The summed E-state index contributed by atoms with van der Waals surface area (Å²) in [5.74, 6) is -0.358. The molecule has 3 aromatic rings. The van der Waals surface area contributed by atoms with E-state index >= 15 is 0 Å². The summed E-state index contributed by atoms with van der Waals surface area (Å²) in [6, 6.07) is 9.31. The third kappa shape index (κ3) is 4.33. The van der Waals surface area contributed by atoms with E-state index in [-0.39, 0.29) is 17.9 Å². The van der Waals surface area contributed by atoms with Crippen LogP contribution in [0.15, 0.2) is 41.2 Å². The van der Waals surface area contributed by atoms with Crippen LogP contribution in [0.4, 0.5) is 5.69 Å². The number of nitrogens with zero attached hydrogens (tertiary/aromatic N) is 2. The molecule has 0 N–H and O–H groups in total. The van der Waals surface area contributed by atoms with Gasteiger partial charge in [-0.3, -0.25) is 9.59 Å². The SMILES string of the molecule is CC/C=C(\CC)c1ccc2c(=O)c3ccc(Cl)c(N(C)C)c3n(CC(=O)OCC)c2c1. The number of hydrogen-bond acceptors (Lipinski definition) is 4. The van der Waals surface area contributed by atoms with Gasteiger partial charge in [-0.05, 0) is 55.2 Å². The van der Waals surface area contributed by atoms with Crippen molar-refractivity contribution in [2.75, 3.05) is 25.6 Å². The predicted molar refractivity (Wildman–Crippen MR) is 130 cm³/mol. The first kappa shape index (κ1) is 22.9. The summed E-state index contributed by atoms with van der Waals surface area (Å²) in [6.45, 7) is 6.28. The minimum Gasteiger partial charge on any atom is -0.465 e. The Labute approximate surface area is 187 Å². The van der Waals surface area contributed by atoms with Crippen molar-refractivity contribution in [3.8, 4) is 0 Å². The van der Waals surface area contributed by atoms with Crippen LogP contribution in [-0.4, -0.2) is 31.2 Å². The molecule has 0 spiro atoms. The van der Waals surface area contributed by atoms with E-state index in [4.69, 9.17) is 16.3 Å². The van der Waals surface area contributed by atoms with E-state index < -0.39 is 0 Å². The third-order valence-corrected chi connectivity index (χ3v) is 5.70. The lowest BCUT2D eigenvalue weighted by Gasteiger charge is -2.22. The molecule has 1 aromatic heterocycles. The van der Waals surface area contributed by atoms with Crippen molar-refractivity contribution in [2.45, 2.75) is 40.2 Å². The number of esters is 1. The average molecular weight is 441 g/mol. The van der Waals surface area contributed by atoms with Crippen LogP contribution < -0.4 is 10.3 Å². The molecule has 1 heterocycles. The van der Waals surface area contributed by atoms with Gasteiger partial charge in [-0.15, -0.1) is 0 Å². The number of halogens is 1. The van der Waals surface area contributed by atoms with Crippen molar-refractivity contribution >= 4 is 50.6 Å². The molecule has 3 rings (SSSR count). The number of ether oxygens (including phenoxy) is 1. The second-order valence-corrected chi connectivity index (χ2v) is 8.04. The molecule has 2 aromatic carbocycles. The fraction of sp³-hybridized carbons (Fsp3) is 0.360. The molecule has 0 unspecified atom stereocenters. The quantitative estimate of drug-likeness (QED) is 0.352. The molecule has 31 heavy (non-hydrogen) atoms. The van der Waals surface area contributed by atoms with Crippen molar-refractivity contribution in [2.24, 2.45) is 0 Å². The highest BCUT2D eigenvalue weighted by Crippen LogP contribution is 2.35. The maximum atomic E-state index is 13.4. The first-order valence-corrected chi connectivity index (χ1v) is 11.0. The van der Waals surface area contributed by atoms with Crippen molar-refractivity contribution < 1.29 is 9.53 Å². The molecule has 0 aliphatic carbocycles. The zero-order valence-corrected chi connectivity index (χ0v) is 19.5. The number of allylic oxidation sites excluding steroid dienone is 2. The average Bonchev–Trinajstić information content (AvgIpc) is 2.74. The van der Waals surface area contributed by atoms with E-state index in [1.54, 1.807) is 19.1 Å². The number of anilines is 1. The van der Waals surface area contributed by atoms with Crippen LogP contribution in [0.1, 0.15) is 39.2 Å². The zero-order chi connectivity index (χ0) is 22.7. The van der Waals surface area contributed by atoms with Crippen LogP contribution >= 0.6 is 11.6 Å². The number of rotatable bonds is 7. The largest absolute Gasteiger partial charge is 0.465 e. The van der Waals surface area contributed by atoms with E-state index in [9.17, 15) is 9.59 Å². The number of pyridine rings is 1. The topological polar surface area (TPSA) is 51.5 Å². The Morgan fingerprint density at radius 2 is 1.84 bits per heavy atom. The van der Waals surface area contributed by atoms with Crippen LogP contribution in [0.3, 0.4) is 0 Å². The molecule has 0 atom stereocenters. The Bertz CT molecular complexity index is 1230. The minimum atomic E-state index is -0.358. The lowest BCUT2D eigenvalue weighted by Crippen LogP contribution is -2.21. The van der Waals surface area contributed by atoms with Crippen LogP contribution in [0.2, 0.25) is 5.02 Å².